The Labute approximate surface area is 178 Å². The van der Waals surface area contributed by atoms with Gasteiger partial charge in [-0.3, -0.25) is 14.5 Å². The number of hydrogen-bond acceptors (Lipinski definition) is 10. The molecule has 0 aromatic carbocycles. The molecular weight excluding hydrogens is 448 g/mol. The molecule has 13 nitrogen and oxygen atoms in total. The maximum absolute atomic E-state index is 11.9. The van der Waals surface area contributed by atoms with Crippen molar-refractivity contribution in [3.8, 4) is 0 Å². The van der Waals surface area contributed by atoms with Crippen molar-refractivity contribution in [1.29, 1.82) is 0 Å². The molecule has 2 rings (SSSR count). The normalized spacial score (nSPS) is 22.8. The van der Waals surface area contributed by atoms with Crippen molar-refractivity contribution in [3.05, 3.63) is 23.4 Å². The fraction of sp³-hybridized carbons (Fsp3) is 0.533. The third-order valence-corrected chi connectivity index (χ3v) is 5.80. The second kappa shape index (κ2) is 10.0. The molecule has 1 saturated heterocycles. The van der Waals surface area contributed by atoms with Crippen LogP contribution in [0.25, 0.3) is 0 Å². The largest absolute Gasteiger partial charge is 0.477 e. The number of carboxylic acids is 1. The third-order valence-electron chi connectivity index (χ3n) is 4.48. The molecular formula is C15H23ClN4O9S. The monoisotopic (exact) mass is 470 g/mol. The molecule has 2 amide bonds. The minimum atomic E-state index is -4.94. The number of nitrogens with two attached hydrogens (primary N) is 2. The van der Waals surface area contributed by atoms with Crippen LogP contribution < -0.4 is 30.1 Å². The number of amides is 2. The summed E-state index contributed by atoms with van der Waals surface area (Å²) in [5.41, 5.74) is 11.5. The zero-order chi connectivity index (χ0) is 23.4. The van der Waals surface area contributed by atoms with Crippen molar-refractivity contribution < 1.29 is 58.0 Å². The first kappa shape index (κ1) is 26.3. The highest BCUT2D eigenvalue weighted by atomic mass is 35.7. The van der Waals surface area contributed by atoms with Gasteiger partial charge in [0.25, 0.3) is 5.91 Å². The molecule has 0 aromatic rings. The molecule has 0 spiro atoms. The Balaban J connectivity index is 0.000000804. The molecule has 2 heterocycles. The van der Waals surface area contributed by atoms with Crippen LogP contribution in [0.4, 0.5) is 0 Å². The van der Waals surface area contributed by atoms with E-state index in [9.17, 15) is 24.6 Å². The lowest BCUT2D eigenvalue weighted by atomic mass is 10.0. The number of rotatable bonds is 7. The smallest absolute Gasteiger partial charge is 0.352 e. The lowest BCUT2D eigenvalue weighted by Crippen LogP contribution is -2.68. The number of fused-ring (bicyclic) bond motifs is 1. The van der Waals surface area contributed by atoms with Crippen LogP contribution in [0.2, 0.25) is 0 Å². The quantitative estimate of drug-likeness (QED) is 0.201. The van der Waals surface area contributed by atoms with Crippen LogP contribution in [-0.2, 0) is 14.4 Å². The number of carbonyl (C=O) groups excluding carboxylic acids is 2. The molecule has 0 aromatic heterocycles. The van der Waals surface area contributed by atoms with Crippen molar-refractivity contribution in [1.82, 2.24) is 4.90 Å². The zero-order valence-corrected chi connectivity index (χ0v) is 17.7. The molecule has 1 fully saturated rings. The van der Waals surface area contributed by atoms with Gasteiger partial charge in [-0.25, -0.2) is 23.4 Å². The van der Waals surface area contributed by atoms with E-state index in [-0.39, 0.29) is 22.2 Å². The molecule has 3 atom stereocenters. The summed E-state index contributed by atoms with van der Waals surface area (Å²) in [6.07, 6.45) is 3.36. The number of carboxylic acid groups (broad SMARTS) is 1. The van der Waals surface area contributed by atoms with Crippen LogP contribution >= 0.6 is 11.8 Å². The van der Waals surface area contributed by atoms with Crippen LogP contribution in [0.15, 0.2) is 23.4 Å². The highest BCUT2D eigenvalue weighted by Crippen LogP contribution is 2.39. The topological polar surface area (TPSA) is 239 Å². The summed E-state index contributed by atoms with van der Waals surface area (Å²) in [5, 5.41) is 18.5. The first-order valence-electron chi connectivity index (χ1n) is 8.29. The van der Waals surface area contributed by atoms with E-state index >= 15 is 0 Å². The number of primary amides is 1. The second-order valence-corrected chi connectivity index (χ2v) is 8.82. The summed E-state index contributed by atoms with van der Waals surface area (Å²) in [7, 11) is -1.46. The molecule has 6 N–H and O–H groups in total. The molecule has 0 saturated carbocycles. The second-order valence-electron chi connectivity index (χ2n) is 6.96. The standard InChI is InChI=1S/C15H22N4O5S.ClHO4/c1-19(2,9(6-20)12(17)21)5-3-4-8-7-25-14-10(16)13(22)18(14)11(8)15(23)24;2-1(3,4)5/h3-4,9-10,14,20H,5-7,16H2,1-2H3,(H2-,17,21,23,24);(H,2,3,4,5)/b4-3+;/t9-,10-,14-;/m1./s1. The first-order chi connectivity index (χ1) is 13.6. The highest BCUT2D eigenvalue weighted by molar-refractivity contribution is 8.00. The Morgan fingerprint density at radius 3 is 2.33 bits per heavy atom. The Bertz CT molecular complexity index is 747. The van der Waals surface area contributed by atoms with Gasteiger partial charge >= 0.3 is 5.97 Å². The van der Waals surface area contributed by atoms with Crippen molar-refractivity contribution in [2.75, 3.05) is 33.0 Å². The van der Waals surface area contributed by atoms with Gasteiger partial charge < -0.3 is 26.2 Å². The van der Waals surface area contributed by atoms with Gasteiger partial charge in [-0.2, -0.15) is 0 Å². The van der Waals surface area contributed by atoms with Gasteiger partial charge in [0, 0.05) is 5.75 Å². The molecule has 15 heteroatoms. The average Bonchev–Trinajstić information content (AvgIpc) is 2.58. The summed E-state index contributed by atoms with van der Waals surface area (Å²) in [6.45, 7) is -0.0247. The van der Waals surface area contributed by atoms with Gasteiger partial charge in [-0.15, -0.1) is 22.0 Å². The number of aliphatic carboxylic acids is 1. The van der Waals surface area contributed by atoms with E-state index in [2.05, 4.69) is 0 Å². The molecule has 0 radical (unpaired) electrons. The van der Waals surface area contributed by atoms with Crippen LogP contribution in [0.1, 0.15) is 0 Å². The fourth-order valence-corrected chi connectivity index (χ4v) is 4.18. The fourth-order valence-electron chi connectivity index (χ4n) is 2.92. The van der Waals surface area contributed by atoms with Gasteiger partial charge in [0.1, 0.15) is 23.7 Å². The predicted molar refractivity (Wildman–Crippen MR) is 91.9 cm³/mol. The van der Waals surface area contributed by atoms with E-state index in [1.807, 2.05) is 0 Å². The van der Waals surface area contributed by atoms with Gasteiger partial charge in [-0.1, -0.05) is 6.08 Å². The van der Waals surface area contributed by atoms with Crippen LogP contribution in [0, 0.1) is 10.2 Å². The average molecular weight is 471 g/mol. The van der Waals surface area contributed by atoms with E-state index in [0.717, 1.165) is 0 Å². The SMILES string of the molecule is C[N+](C)(C/C=C/C1=C(C(=O)O)N2C(=O)[C@@H](N)[C@H]2SC1)[C@H](CO)C(N)=O.[O-][Cl+3]([O-])([O-])[O-]. The lowest BCUT2D eigenvalue weighted by molar-refractivity contribution is -2.00. The molecule has 170 valence electrons. The summed E-state index contributed by atoms with van der Waals surface area (Å²) in [6, 6.07) is -1.43. The van der Waals surface area contributed by atoms with Crippen molar-refractivity contribution in [2.24, 2.45) is 11.5 Å². The lowest BCUT2D eigenvalue weighted by Gasteiger charge is -2.47. The van der Waals surface area contributed by atoms with E-state index in [1.54, 1.807) is 26.2 Å². The molecule has 0 bridgehead atoms. The number of quaternary nitrogens is 1. The Morgan fingerprint density at radius 2 is 1.90 bits per heavy atom. The number of carbonyl (C=O) groups is 3. The van der Waals surface area contributed by atoms with Gasteiger partial charge in [-0.05, 0) is 11.6 Å². The summed E-state index contributed by atoms with van der Waals surface area (Å²) in [5.74, 6) is -1.76. The minimum absolute atomic E-state index is 0.0504. The number of aliphatic hydroxyl groups is 1. The first-order valence-corrected chi connectivity index (χ1v) is 10.6. The predicted octanol–water partition coefficient (Wildman–Crippen LogP) is -6.71. The summed E-state index contributed by atoms with van der Waals surface area (Å²) >= 11 is 1.42. The Kier molecular flexibility index (Phi) is 8.80. The maximum atomic E-state index is 11.9. The van der Waals surface area contributed by atoms with Gasteiger partial charge in [0.15, 0.2) is 6.04 Å². The van der Waals surface area contributed by atoms with Gasteiger partial charge in [0.05, 0.1) is 20.6 Å². The van der Waals surface area contributed by atoms with Crippen LogP contribution in [0.3, 0.4) is 0 Å². The maximum Gasteiger partial charge on any atom is 0.352 e. The van der Waals surface area contributed by atoms with Gasteiger partial charge in [0.2, 0.25) is 5.91 Å². The number of aliphatic hydroxyl groups excluding tert-OH is 1. The number of allylic oxidation sites excluding steroid dienone is 1. The zero-order valence-electron chi connectivity index (χ0n) is 16.1. The van der Waals surface area contributed by atoms with Crippen LogP contribution in [-0.4, -0.2) is 87.8 Å². The molecule has 30 heavy (non-hydrogen) atoms. The number of likely N-dealkylation sites (N-methyl/N-ethyl adjacent to an activating group) is 1. The molecule has 2 aliphatic rings. The summed E-state index contributed by atoms with van der Waals surface area (Å²) < 4.78 is 34.1. The van der Waals surface area contributed by atoms with Crippen molar-refractivity contribution >= 4 is 29.5 Å². The van der Waals surface area contributed by atoms with Crippen molar-refractivity contribution in [3.63, 3.8) is 0 Å². The molecule has 0 unspecified atom stereocenters. The van der Waals surface area contributed by atoms with E-state index in [4.69, 9.17) is 30.1 Å². The molecule has 2 aliphatic heterocycles. The highest BCUT2D eigenvalue weighted by Gasteiger charge is 2.51. The third kappa shape index (κ3) is 6.63. The number of hydrogen-bond donors (Lipinski definition) is 4. The van der Waals surface area contributed by atoms with Crippen molar-refractivity contribution in [2.45, 2.75) is 17.5 Å². The Morgan fingerprint density at radius 1 is 1.37 bits per heavy atom. The number of nitrogens with zero attached hydrogens (tertiary/aromatic N) is 2. The molecule has 0 aliphatic carbocycles. The Hall–Kier alpha value is -1.75. The van der Waals surface area contributed by atoms with E-state index in [1.165, 1.54) is 16.7 Å². The summed E-state index contributed by atoms with van der Waals surface area (Å²) in [4.78, 5) is 36.1. The van der Waals surface area contributed by atoms with Crippen LogP contribution in [0.5, 0.6) is 0 Å². The number of β-lactam (4-membered cyclic amide) rings is 1. The minimum Gasteiger partial charge on any atom is -0.477 e. The van der Waals surface area contributed by atoms with E-state index < -0.39 is 40.1 Å². The van der Waals surface area contributed by atoms with E-state index in [0.29, 0.717) is 17.9 Å². The number of halogens is 1. The number of thioether (sulfide) groups is 1.